The molecular formula is C23H32FN7. The van der Waals surface area contributed by atoms with Gasteiger partial charge < -0.3 is 20.4 Å². The van der Waals surface area contributed by atoms with Gasteiger partial charge in [-0.25, -0.2) is 14.4 Å². The largest absolute Gasteiger partial charge is 0.357 e. The van der Waals surface area contributed by atoms with Crippen molar-refractivity contribution in [2.24, 2.45) is 4.99 Å². The Hall–Kier alpha value is -2.90. The minimum absolute atomic E-state index is 0.191. The molecule has 8 heteroatoms. The third-order valence-corrected chi connectivity index (χ3v) is 5.99. The molecule has 0 spiro atoms. The number of aromatic nitrogens is 2. The fourth-order valence-electron chi connectivity index (χ4n) is 4.26. The molecule has 2 aliphatic rings. The summed E-state index contributed by atoms with van der Waals surface area (Å²) in [7, 11) is 1.77. The summed E-state index contributed by atoms with van der Waals surface area (Å²) in [5, 5.41) is 6.81. The fraction of sp³-hybridized carbons (Fsp3) is 0.522. The van der Waals surface area contributed by atoms with Crippen molar-refractivity contribution in [2.75, 3.05) is 43.0 Å². The van der Waals surface area contributed by atoms with Crippen LogP contribution < -0.4 is 20.4 Å². The number of hydrogen-bond acceptors (Lipinski definition) is 5. The molecule has 0 aliphatic carbocycles. The molecule has 2 aliphatic heterocycles. The van der Waals surface area contributed by atoms with Gasteiger partial charge in [0.25, 0.3) is 0 Å². The lowest BCUT2D eigenvalue weighted by Gasteiger charge is -2.22. The molecule has 166 valence electrons. The molecule has 1 unspecified atom stereocenters. The van der Waals surface area contributed by atoms with Crippen LogP contribution in [0.2, 0.25) is 0 Å². The van der Waals surface area contributed by atoms with Crippen LogP contribution in [0.25, 0.3) is 0 Å². The highest BCUT2D eigenvalue weighted by Crippen LogP contribution is 2.21. The second-order valence-electron chi connectivity index (χ2n) is 8.24. The van der Waals surface area contributed by atoms with E-state index in [0.717, 1.165) is 43.4 Å². The van der Waals surface area contributed by atoms with Crippen LogP contribution in [-0.4, -0.2) is 55.2 Å². The van der Waals surface area contributed by atoms with Crippen molar-refractivity contribution in [3.05, 3.63) is 48.0 Å². The lowest BCUT2D eigenvalue weighted by atomic mass is 10.2. The van der Waals surface area contributed by atoms with E-state index in [-0.39, 0.29) is 11.9 Å². The molecule has 2 aromatic heterocycles. The van der Waals surface area contributed by atoms with E-state index in [0.29, 0.717) is 18.9 Å². The van der Waals surface area contributed by atoms with Crippen molar-refractivity contribution < 1.29 is 4.39 Å². The van der Waals surface area contributed by atoms with Gasteiger partial charge in [0.2, 0.25) is 0 Å². The number of hydrogen-bond donors (Lipinski definition) is 2. The van der Waals surface area contributed by atoms with Gasteiger partial charge in [-0.15, -0.1) is 0 Å². The average Bonchev–Trinajstić information content (AvgIpc) is 3.09. The van der Waals surface area contributed by atoms with Crippen molar-refractivity contribution in [1.29, 1.82) is 0 Å². The first kappa shape index (κ1) is 21.3. The second kappa shape index (κ2) is 10.4. The number of aliphatic imine (C=N–C) groups is 1. The molecule has 1 atom stereocenters. The summed E-state index contributed by atoms with van der Waals surface area (Å²) < 4.78 is 14.0. The lowest BCUT2D eigenvalue weighted by molar-refractivity contribution is 0.612. The van der Waals surface area contributed by atoms with Crippen LogP contribution in [0.15, 0.2) is 41.7 Å². The van der Waals surface area contributed by atoms with Crippen molar-refractivity contribution >= 4 is 17.6 Å². The zero-order valence-electron chi connectivity index (χ0n) is 18.2. The zero-order chi connectivity index (χ0) is 21.5. The number of pyridine rings is 2. The van der Waals surface area contributed by atoms with Gasteiger partial charge in [0, 0.05) is 58.2 Å². The molecule has 4 rings (SSSR count). The Balaban J connectivity index is 1.26. The van der Waals surface area contributed by atoms with E-state index >= 15 is 0 Å². The van der Waals surface area contributed by atoms with Gasteiger partial charge >= 0.3 is 0 Å². The van der Waals surface area contributed by atoms with E-state index in [1.165, 1.54) is 31.7 Å². The highest BCUT2D eigenvalue weighted by Gasteiger charge is 2.25. The molecule has 2 fully saturated rings. The summed E-state index contributed by atoms with van der Waals surface area (Å²) in [5.74, 6) is 1.96. The Morgan fingerprint density at radius 1 is 1.10 bits per heavy atom. The van der Waals surface area contributed by atoms with Gasteiger partial charge in [-0.2, -0.15) is 0 Å². The Morgan fingerprint density at radius 3 is 2.65 bits per heavy atom. The zero-order valence-corrected chi connectivity index (χ0v) is 18.2. The number of halogens is 1. The summed E-state index contributed by atoms with van der Waals surface area (Å²) >= 11 is 0. The molecule has 7 nitrogen and oxygen atoms in total. The van der Waals surface area contributed by atoms with Crippen molar-refractivity contribution in [3.8, 4) is 0 Å². The van der Waals surface area contributed by atoms with Crippen LogP contribution in [0.1, 0.15) is 37.7 Å². The van der Waals surface area contributed by atoms with E-state index in [4.69, 9.17) is 0 Å². The molecule has 2 aromatic rings. The number of nitrogens with one attached hydrogen (secondary N) is 2. The lowest BCUT2D eigenvalue weighted by Crippen LogP contribution is -2.44. The third-order valence-electron chi connectivity index (χ3n) is 5.99. The Morgan fingerprint density at radius 2 is 1.94 bits per heavy atom. The van der Waals surface area contributed by atoms with Crippen molar-refractivity contribution in [1.82, 2.24) is 20.6 Å². The smallest absolute Gasteiger partial charge is 0.191 e. The van der Waals surface area contributed by atoms with E-state index in [2.05, 4.69) is 42.6 Å². The monoisotopic (exact) mass is 425 g/mol. The number of anilines is 2. The molecule has 0 amide bonds. The summed E-state index contributed by atoms with van der Waals surface area (Å²) in [6, 6.07) is 7.52. The molecule has 0 aromatic carbocycles. The molecule has 4 heterocycles. The SMILES string of the molecule is CN=C(NCc1ccc(N2CCCCCC2)nc1)NC1CCN(c2ncccc2F)C1. The minimum atomic E-state index is -0.276. The molecule has 0 saturated carbocycles. The van der Waals surface area contributed by atoms with Crippen LogP contribution in [0.5, 0.6) is 0 Å². The fourth-order valence-corrected chi connectivity index (χ4v) is 4.26. The van der Waals surface area contributed by atoms with Gasteiger partial charge in [0.05, 0.1) is 0 Å². The molecule has 2 saturated heterocycles. The molecule has 2 N–H and O–H groups in total. The maximum atomic E-state index is 14.0. The van der Waals surface area contributed by atoms with Crippen LogP contribution in [0, 0.1) is 5.82 Å². The number of rotatable bonds is 5. The van der Waals surface area contributed by atoms with Gasteiger partial charge in [0.1, 0.15) is 5.82 Å². The predicted octanol–water partition coefficient (Wildman–Crippen LogP) is 2.94. The van der Waals surface area contributed by atoms with Crippen LogP contribution >= 0.6 is 0 Å². The standard InChI is InChI=1S/C23H32FN7/c1-25-23(29-19-10-14-31(17-19)22-20(24)7-6-11-26-22)28-16-18-8-9-21(27-15-18)30-12-4-2-3-5-13-30/h6-9,11,15,19H,2-5,10,12-14,16-17H2,1H3,(H2,25,28,29). The molecule has 0 bridgehead atoms. The molecule has 31 heavy (non-hydrogen) atoms. The first-order valence-electron chi connectivity index (χ1n) is 11.3. The summed E-state index contributed by atoms with van der Waals surface area (Å²) in [6.07, 6.45) is 9.62. The number of nitrogens with zero attached hydrogens (tertiary/aromatic N) is 5. The highest BCUT2D eigenvalue weighted by atomic mass is 19.1. The van der Waals surface area contributed by atoms with Gasteiger partial charge in [-0.3, -0.25) is 4.99 Å². The number of guanidine groups is 1. The van der Waals surface area contributed by atoms with Gasteiger partial charge in [-0.1, -0.05) is 18.9 Å². The quantitative estimate of drug-likeness (QED) is 0.567. The molecule has 0 radical (unpaired) electrons. The topological polar surface area (TPSA) is 68.7 Å². The molecular weight excluding hydrogens is 393 g/mol. The summed E-state index contributed by atoms with van der Waals surface area (Å²) in [5.41, 5.74) is 1.12. The minimum Gasteiger partial charge on any atom is -0.357 e. The average molecular weight is 426 g/mol. The van der Waals surface area contributed by atoms with Crippen molar-refractivity contribution in [3.63, 3.8) is 0 Å². The predicted molar refractivity (Wildman–Crippen MR) is 123 cm³/mol. The summed E-state index contributed by atoms with van der Waals surface area (Å²) in [6.45, 7) is 4.31. The van der Waals surface area contributed by atoms with E-state index in [1.807, 2.05) is 11.1 Å². The third kappa shape index (κ3) is 5.62. The maximum Gasteiger partial charge on any atom is 0.191 e. The first-order valence-corrected chi connectivity index (χ1v) is 11.3. The second-order valence-corrected chi connectivity index (χ2v) is 8.24. The summed E-state index contributed by atoms with van der Waals surface area (Å²) in [4.78, 5) is 17.6. The Bertz CT molecular complexity index is 862. The van der Waals surface area contributed by atoms with Crippen molar-refractivity contribution in [2.45, 2.75) is 44.7 Å². The maximum absolute atomic E-state index is 14.0. The highest BCUT2D eigenvalue weighted by molar-refractivity contribution is 5.80. The Kier molecular flexibility index (Phi) is 7.17. The van der Waals surface area contributed by atoms with Crippen LogP contribution in [0.3, 0.4) is 0 Å². The first-order chi connectivity index (χ1) is 15.2. The van der Waals surface area contributed by atoms with E-state index < -0.39 is 0 Å². The van der Waals surface area contributed by atoms with Crippen LogP contribution in [-0.2, 0) is 6.54 Å². The van der Waals surface area contributed by atoms with Gasteiger partial charge in [-0.05, 0) is 43.0 Å². The van der Waals surface area contributed by atoms with E-state index in [9.17, 15) is 4.39 Å². The van der Waals surface area contributed by atoms with E-state index in [1.54, 1.807) is 19.3 Å². The van der Waals surface area contributed by atoms with Gasteiger partial charge in [0.15, 0.2) is 17.6 Å². The normalized spacial score (nSPS) is 19.9. The Labute approximate surface area is 183 Å². The van der Waals surface area contributed by atoms with Crippen LogP contribution in [0.4, 0.5) is 16.0 Å².